The van der Waals surface area contributed by atoms with Gasteiger partial charge in [0.1, 0.15) is 5.82 Å². The van der Waals surface area contributed by atoms with Gasteiger partial charge >= 0.3 is 6.18 Å². The van der Waals surface area contributed by atoms with Crippen LogP contribution in [0.3, 0.4) is 0 Å². The summed E-state index contributed by atoms with van der Waals surface area (Å²) in [6, 6.07) is 0.0389. The number of alkyl halides is 3. The first-order chi connectivity index (χ1) is 11.3. The number of nitrogens with one attached hydrogen (secondary N) is 1. The zero-order valence-electron chi connectivity index (χ0n) is 13.8. The van der Waals surface area contributed by atoms with Gasteiger partial charge in [0.25, 0.3) is 0 Å². The minimum atomic E-state index is -4.31. The summed E-state index contributed by atoms with van der Waals surface area (Å²) in [6.07, 6.45) is 0.394. The Hall–Kier alpha value is -1.57. The molecule has 8 heteroatoms. The van der Waals surface area contributed by atoms with Crippen LogP contribution < -0.4 is 5.32 Å². The zero-order chi connectivity index (χ0) is 17.4. The molecule has 1 spiro atoms. The summed E-state index contributed by atoms with van der Waals surface area (Å²) < 4.78 is 39.3. The Labute approximate surface area is 139 Å². The van der Waals surface area contributed by atoms with E-state index in [0.29, 0.717) is 5.82 Å². The molecule has 3 rings (SSSR count). The average Bonchev–Trinajstić information content (AvgIpc) is 3.03. The van der Waals surface area contributed by atoms with Gasteiger partial charge in [-0.1, -0.05) is 0 Å². The Kier molecular flexibility index (Phi) is 4.59. The maximum Gasteiger partial charge on any atom is 0.389 e. The maximum atomic E-state index is 12.5. The molecule has 0 unspecified atom stereocenters. The Morgan fingerprint density at radius 1 is 1.46 bits per heavy atom. The summed E-state index contributed by atoms with van der Waals surface area (Å²) >= 11 is 0. The lowest BCUT2D eigenvalue weighted by molar-refractivity contribution is -0.150. The second-order valence-corrected chi connectivity index (χ2v) is 6.92. The third-order valence-electron chi connectivity index (χ3n) is 5.30. The van der Waals surface area contributed by atoms with Crippen molar-refractivity contribution in [1.29, 1.82) is 0 Å². The highest BCUT2D eigenvalue weighted by molar-refractivity contribution is 5.77. The quantitative estimate of drug-likeness (QED) is 0.891. The lowest BCUT2D eigenvalue weighted by Gasteiger charge is -2.29. The van der Waals surface area contributed by atoms with Crippen molar-refractivity contribution in [1.82, 2.24) is 19.8 Å². The first-order valence-electron chi connectivity index (χ1n) is 8.34. The third kappa shape index (κ3) is 3.74. The summed E-state index contributed by atoms with van der Waals surface area (Å²) in [5.41, 5.74) is 0.0876. The Bertz CT molecular complexity index is 592. The van der Waals surface area contributed by atoms with Crippen molar-refractivity contribution in [3.63, 3.8) is 0 Å². The molecule has 1 aliphatic carbocycles. The lowest BCUT2D eigenvalue weighted by atomic mass is 9.93. The van der Waals surface area contributed by atoms with Crippen molar-refractivity contribution in [3.8, 4) is 0 Å². The van der Waals surface area contributed by atoms with Gasteiger partial charge in [0.15, 0.2) is 0 Å². The molecule has 1 N–H and O–H groups in total. The monoisotopic (exact) mass is 344 g/mol. The van der Waals surface area contributed by atoms with Gasteiger partial charge in [-0.05, 0) is 37.8 Å². The van der Waals surface area contributed by atoms with Crippen LogP contribution in [0.1, 0.15) is 37.9 Å². The minimum absolute atomic E-state index is 0.0389. The molecule has 2 aliphatic rings. The standard InChI is InChI=1S/C16H23F3N4O/c1-22-9-8-21-13(22)11-23(14(24)2-3-16(17,18)19)12-10-15(12)4-6-20-7-5-15/h8-9,12,20H,2-7,10-11H2,1H3/t12-/m0/s1. The van der Waals surface area contributed by atoms with Crippen LogP contribution >= 0.6 is 0 Å². The number of rotatable bonds is 5. The van der Waals surface area contributed by atoms with Gasteiger partial charge in [-0.2, -0.15) is 13.2 Å². The van der Waals surface area contributed by atoms with E-state index in [-0.39, 0.29) is 18.0 Å². The number of carbonyl (C=O) groups excluding carboxylic acids is 1. The van der Waals surface area contributed by atoms with E-state index in [0.717, 1.165) is 32.4 Å². The number of piperidine rings is 1. The van der Waals surface area contributed by atoms with Gasteiger partial charge in [0.2, 0.25) is 5.91 Å². The van der Waals surface area contributed by atoms with Crippen molar-refractivity contribution in [2.75, 3.05) is 13.1 Å². The van der Waals surface area contributed by atoms with Crippen LogP contribution in [0.4, 0.5) is 13.2 Å². The summed E-state index contributed by atoms with van der Waals surface area (Å²) in [4.78, 5) is 18.4. The molecule has 1 amide bonds. The first kappa shape index (κ1) is 17.3. The molecule has 0 radical (unpaired) electrons. The number of halogens is 3. The Morgan fingerprint density at radius 3 is 2.75 bits per heavy atom. The van der Waals surface area contributed by atoms with E-state index < -0.39 is 24.9 Å². The molecule has 0 bridgehead atoms. The number of imidazole rings is 1. The molecule has 24 heavy (non-hydrogen) atoms. The van der Waals surface area contributed by atoms with Crippen LogP contribution in [0.5, 0.6) is 0 Å². The van der Waals surface area contributed by atoms with E-state index in [1.54, 1.807) is 17.3 Å². The summed E-state index contributed by atoms with van der Waals surface area (Å²) in [7, 11) is 1.83. The molecule has 2 heterocycles. The Balaban J connectivity index is 1.72. The van der Waals surface area contributed by atoms with Crippen LogP contribution in [-0.2, 0) is 18.4 Å². The fourth-order valence-corrected chi connectivity index (χ4v) is 3.69. The highest BCUT2D eigenvalue weighted by Gasteiger charge is 2.57. The summed E-state index contributed by atoms with van der Waals surface area (Å²) in [6.45, 7) is 2.09. The van der Waals surface area contributed by atoms with E-state index in [9.17, 15) is 18.0 Å². The van der Waals surface area contributed by atoms with E-state index in [1.165, 1.54) is 0 Å². The fourth-order valence-electron chi connectivity index (χ4n) is 3.69. The molecule has 2 fully saturated rings. The highest BCUT2D eigenvalue weighted by atomic mass is 19.4. The van der Waals surface area contributed by atoms with Gasteiger partial charge < -0.3 is 14.8 Å². The number of hydrogen-bond acceptors (Lipinski definition) is 3. The van der Waals surface area contributed by atoms with Crippen LogP contribution in [0, 0.1) is 5.41 Å². The predicted octanol–water partition coefficient (Wildman–Crippen LogP) is 2.23. The van der Waals surface area contributed by atoms with Crippen molar-refractivity contribution < 1.29 is 18.0 Å². The van der Waals surface area contributed by atoms with Crippen molar-refractivity contribution in [2.45, 2.75) is 50.9 Å². The average molecular weight is 344 g/mol. The largest absolute Gasteiger partial charge is 0.389 e. The minimum Gasteiger partial charge on any atom is -0.337 e. The summed E-state index contributed by atoms with van der Waals surface area (Å²) in [5.74, 6) is 0.280. The van der Waals surface area contributed by atoms with E-state index in [2.05, 4.69) is 10.3 Å². The fraction of sp³-hybridized carbons (Fsp3) is 0.750. The maximum absolute atomic E-state index is 12.5. The van der Waals surface area contributed by atoms with Crippen LogP contribution in [0.2, 0.25) is 0 Å². The van der Waals surface area contributed by atoms with Gasteiger partial charge in [-0.3, -0.25) is 4.79 Å². The summed E-state index contributed by atoms with van der Waals surface area (Å²) in [5, 5.41) is 3.30. The topological polar surface area (TPSA) is 50.2 Å². The molecule has 1 saturated heterocycles. The van der Waals surface area contributed by atoms with Crippen molar-refractivity contribution in [3.05, 3.63) is 18.2 Å². The van der Waals surface area contributed by atoms with E-state index >= 15 is 0 Å². The van der Waals surface area contributed by atoms with Gasteiger partial charge in [0.05, 0.1) is 13.0 Å². The molecule has 0 aromatic carbocycles. The molecule has 1 aromatic rings. The molecule has 1 aliphatic heterocycles. The Morgan fingerprint density at radius 2 is 2.17 bits per heavy atom. The zero-order valence-corrected chi connectivity index (χ0v) is 13.8. The molecule has 134 valence electrons. The van der Waals surface area contributed by atoms with Gasteiger partial charge in [0, 0.05) is 31.9 Å². The third-order valence-corrected chi connectivity index (χ3v) is 5.30. The molecular weight excluding hydrogens is 321 g/mol. The number of hydrogen-bond donors (Lipinski definition) is 1. The normalized spacial score (nSPS) is 22.6. The van der Waals surface area contributed by atoms with Gasteiger partial charge in [-0.25, -0.2) is 4.98 Å². The second kappa shape index (κ2) is 6.38. The molecule has 1 saturated carbocycles. The molecule has 1 atom stereocenters. The van der Waals surface area contributed by atoms with Crippen LogP contribution in [-0.4, -0.2) is 45.7 Å². The smallest absolute Gasteiger partial charge is 0.337 e. The number of aromatic nitrogens is 2. The molecule has 5 nitrogen and oxygen atoms in total. The van der Waals surface area contributed by atoms with Gasteiger partial charge in [-0.15, -0.1) is 0 Å². The number of nitrogens with zero attached hydrogens (tertiary/aromatic N) is 3. The first-order valence-corrected chi connectivity index (χ1v) is 8.34. The number of carbonyl (C=O) groups is 1. The number of amides is 1. The van der Waals surface area contributed by atoms with Crippen LogP contribution in [0.15, 0.2) is 12.4 Å². The lowest BCUT2D eigenvalue weighted by Crippen LogP contribution is -2.39. The second-order valence-electron chi connectivity index (χ2n) is 6.92. The number of aryl methyl sites for hydroxylation is 1. The highest BCUT2D eigenvalue weighted by Crippen LogP contribution is 2.56. The van der Waals surface area contributed by atoms with Crippen LogP contribution in [0.25, 0.3) is 0 Å². The predicted molar refractivity (Wildman–Crippen MR) is 82.0 cm³/mol. The molecule has 1 aromatic heterocycles. The van der Waals surface area contributed by atoms with E-state index in [4.69, 9.17) is 0 Å². The van der Waals surface area contributed by atoms with Crippen molar-refractivity contribution in [2.24, 2.45) is 12.5 Å². The van der Waals surface area contributed by atoms with E-state index in [1.807, 2.05) is 11.6 Å². The van der Waals surface area contributed by atoms with Crippen molar-refractivity contribution >= 4 is 5.91 Å². The SMILES string of the molecule is Cn1ccnc1CN(C(=O)CCC(F)(F)F)[C@H]1CC12CCNCC2. The molecular formula is C16H23F3N4O.